The van der Waals surface area contributed by atoms with Gasteiger partial charge in [-0.15, -0.1) is 0 Å². The fourth-order valence-electron chi connectivity index (χ4n) is 1.78. The number of hydrogen-bond acceptors (Lipinski definition) is 3. The Hall–Kier alpha value is -2.10. The molecule has 0 aliphatic heterocycles. The van der Waals surface area contributed by atoms with Crippen molar-refractivity contribution in [3.8, 4) is 5.75 Å². The lowest BCUT2D eigenvalue weighted by Crippen LogP contribution is -2.10. The maximum atomic E-state index is 12.2. The van der Waals surface area contributed by atoms with Gasteiger partial charge in [0, 0.05) is 19.4 Å². The van der Waals surface area contributed by atoms with E-state index in [2.05, 4.69) is 4.98 Å². The van der Waals surface area contributed by atoms with Crippen LogP contribution in [0, 0.1) is 0 Å². The number of carbonyl (C=O) groups is 1. The van der Waals surface area contributed by atoms with Crippen molar-refractivity contribution in [2.45, 2.75) is 13.3 Å². The predicted octanol–water partition coefficient (Wildman–Crippen LogP) is 2.24. The predicted molar refractivity (Wildman–Crippen MR) is 68.9 cm³/mol. The number of rotatable bonds is 5. The summed E-state index contributed by atoms with van der Waals surface area (Å²) >= 11 is 0. The third-order valence-electron chi connectivity index (χ3n) is 2.73. The minimum atomic E-state index is 0.0216. The van der Waals surface area contributed by atoms with Crippen molar-refractivity contribution in [3.63, 3.8) is 0 Å². The molecule has 0 radical (unpaired) electrons. The van der Waals surface area contributed by atoms with Gasteiger partial charge in [0.1, 0.15) is 11.6 Å². The third-order valence-corrected chi connectivity index (χ3v) is 2.73. The molecule has 18 heavy (non-hydrogen) atoms. The van der Waals surface area contributed by atoms with E-state index in [0.717, 1.165) is 5.82 Å². The van der Waals surface area contributed by atoms with Crippen molar-refractivity contribution in [1.82, 2.24) is 9.55 Å². The SMILES string of the molecule is CCOc1ccccc1C(=O)Cc1nccn1C. The highest BCUT2D eigenvalue weighted by Crippen LogP contribution is 2.19. The zero-order chi connectivity index (χ0) is 13.0. The largest absolute Gasteiger partial charge is 0.493 e. The summed E-state index contributed by atoms with van der Waals surface area (Å²) in [5.74, 6) is 1.42. The van der Waals surface area contributed by atoms with Gasteiger partial charge >= 0.3 is 0 Å². The molecule has 0 atom stereocenters. The number of para-hydroxylation sites is 1. The van der Waals surface area contributed by atoms with Gasteiger partial charge in [-0.1, -0.05) is 12.1 Å². The normalized spacial score (nSPS) is 10.3. The van der Waals surface area contributed by atoms with Gasteiger partial charge in [-0.2, -0.15) is 0 Å². The second kappa shape index (κ2) is 5.49. The van der Waals surface area contributed by atoms with E-state index >= 15 is 0 Å². The molecule has 0 unspecified atom stereocenters. The second-order valence-corrected chi connectivity index (χ2v) is 3.98. The number of ketones is 1. The lowest BCUT2D eigenvalue weighted by molar-refractivity contribution is 0.0986. The van der Waals surface area contributed by atoms with Gasteiger partial charge in [-0.05, 0) is 19.1 Å². The molecule has 1 heterocycles. The fourth-order valence-corrected chi connectivity index (χ4v) is 1.78. The van der Waals surface area contributed by atoms with Crippen LogP contribution >= 0.6 is 0 Å². The highest BCUT2D eigenvalue weighted by molar-refractivity contribution is 5.99. The minimum Gasteiger partial charge on any atom is -0.493 e. The summed E-state index contributed by atoms with van der Waals surface area (Å²) in [7, 11) is 1.88. The smallest absolute Gasteiger partial charge is 0.174 e. The summed E-state index contributed by atoms with van der Waals surface area (Å²) in [6.45, 7) is 2.45. The van der Waals surface area contributed by atoms with Gasteiger partial charge in [0.25, 0.3) is 0 Å². The Labute approximate surface area is 106 Å². The molecule has 0 bridgehead atoms. The highest BCUT2D eigenvalue weighted by atomic mass is 16.5. The number of aromatic nitrogens is 2. The average molecular weight is 244 g/mol. The van der Waals surface area contributed by atoms with Gasteiger partial charge in [-0.25, -0.2) is 4.98 Å². The van der Waals surface area contributed by atoms with E-state index in [0.29, 0.717) is 17.9 Å². The van der Waals surface area contributed by atoms with Gasteiger partial charge in [-0.3, -0.25) is 4.79 Å². The van der Waals surface area contributed by atoms with Gasteiger partial charge in [0.05, 0.1) is 18.6 Å². The summed E-state index contributed by atoms with van der Waals surface area (Å²) in [4.78, 5) is 16.4. The summed E-state index contributed by atoms with van der Waals surface area (Å²) in [5.41, 5.74) is 0.613. The van der Waals surface area contributed by atoms with Gasteiger partial charge < -0.3 is 9.30 Å². The standard InChI is InChI=1S/C14H16N2O2/c1-3-18-13-7-5-4-6-11(13)12(17)10-14-15-8-9-16(14)2/h4-9H,3,10H2,1-2H3. The Morgan fingerprint density at radius 2 is 2.17 bits per heavy atom. The monoisotopic (exact) mass is 244 g/mol. The molecule has 0 amide bonds. The van der Waals surface area contributed by atoms with Crippen molar-refractivity contribution in [1.29, 1.82) is 0 Å². The van der Waals surface area contributed by atoms with Crippen LogP contribution in [0.4, 0.5) is 0 Å². The number of Topliss-reactive ketones (excluding diaryl/α,β-unsaturated/α-hetero) is 1. The van der Waals surface area contributed by atoms with Crippen LogP contribution in [0.5, 0.6) is 5.75 Å². The quantitative estimate of drug-likeness (QED) is 0.758. The number of nitrogens with zero attached hydrogens (tertiary/aromatic N) is 2. The van der Waals surface area contributed by atoms with Crippen molar-refractivity contribution in [3.05, 3.63) is 48.0 Å². The lowest BCUT2D eigenvalue weighted by atomic mass is 10.1. The molecule has 1 aromatic heterocycles. The molecule has 0 saturated heterocycles. The molecule has 0 fully saturated rings. The van der Waals surface area contributed by atoms with Crippen LogP contribution in [-0.2, 0) is 13.5 Å². The van der Waals surface area contributed by atoms with Crippen LogP contribution in [0.2, 0.25) is 0 Å². The fraction of sp³-hybridized carbons (Fsp3) is 0.286. The molecule has 0 N–H and O–H groups in total. The third kappa shape index (κ3) is 2.59. The minimum absolute atomic E-state index is 0.0216. The molecule has 2 rings (SSSR count). The number of ether oxygens (including phenoxy) is 1. The summed E-state index contributed by atoms with van der Waals surface area (Å²) < 4.78 is 7.31. The zero-order valence-electron chi connectivity index (χ0n) is 10.6. The molecule has 0 aliphatic carbocycles. The number of benzene rings is 1. The van der Waals surface area contributed by atoms with Crippen molar-refractivity contribution < 1.29 is 9.53 Å². The van der Waals surface area contributed by atoms with Gasteiger partial charge in [0.2, 0.25) is 0 Å². The first-order chi connectivity index (χ1) is 8.72. The van der Waals surface area contributed by atoms with E-state index in [4.69, 9.17) is 4.74 Å². The van der Waals surface area contributed by atoms with E-state index in [-0.39, 0.29) is 12.2 Å². The van der Waals surface area contributed by atoms with E-state index in [1.54, 1.807) is 12.3 Å². The Bertz CT molecular complexity index is 546. The average Bonchev–Trinajstić information content (AvgIpc) is 2.76. The van der Waals surface area contributed by atoms with Crippen molar-refractivity contribution in [2.24, 2.45) is 7.05 Å². The first-order valence-electron chi connectivity index (χ1n) is 5.93. The Balaban J connectivity index is 2.21. The zero-order valence-corrected chi connectivity index (χ0v) is 10.6. The summed E-state index contributed by atoms with van der Waals surface area (Å²) in [5, 5.41) is 0. The topological polar surface area (TPSA) is 44.1 Å². The molecule has 2 aromatic rings. The Kier molecular flexibility index (Phi) is 3.77. The summed E-state index contributed by atoms with van der Waals surface area (Å²) in [6.07, 6.45) is 3.81. The summed E-state index contributed by atoms with van der Waals surface area (Å²) in [6, 6.07) is 7.31. The van der Waals surface area contributed by atoms with Crippen molar-refractivity contribution >= 4 is 5.78 Å². The number of imidazole rings is 1. The number of aryl methyl sites for hydroxylation is 1. The molecular formula is C14H16N2O2. The molecule has 0 spiro atoms. The molecule has 1 aromatic carbocycles. The van der Waals surface area contributed by atoms with Crippen LogP contribution in [0.25, 0.3) is 0 Å². The van der Waals surface area contributed by atoms with Crippen molar-refractivity contribution in [2.75, 3.05) is 6.61 Å². The molecule has 4 heteroatoms. The van der Waals surface area contributed by atoms with E-state index < -0.39 is 0 Å². The molecule has 94 valence electrons. The Morgan fingerprint density at radius 1 is 1.39 bits per heavy atom. The van der Waals surface area contributed by atoms with Crippen LogP contribution in [0.1, 0.15) is 23.1 Å². The second-order valence-electron chi connectivity index (χ2n) is 3.98. The highest BCUT2D eigenvalue weighted by Gasteiger charge is 2.14. The lowest BCUT2D eigenvalue weighted by Gasteiger charge is -2.08. The molecule has 0 saturated carbocycles. The maximum absolute atomic E-state index is 12.2. The van der Waals surface area contributed by atoms with Crippen LogP contribution in [0.15, 0.2) is 36.7 Å². The van der Waals surface area contributed by atoms with E-state index in [1.807, 2.05) is 42.9 Å². The first kappa shape index (κ1) is 12.4. The molecule has 4 nitrogen and oxygen atoms in total. The molecule has 0 aliphatic rings. The van der Waals surface area contributed by atoms with Crippen LogP contribution < -0.4 is 4.74 Å². The number of hydrogen-bond donors (Lipinski definition) is 0. The Morgan fingerprint density at radius 3 is 2.83 bits per heavy atom. The van der Waals surface area contributed by atoms with E-state index in [9.17, 15) is 4.79 Å². The van der Waals surface area contributed by atoms with Crippen LogP contribution in [-0.4, -0.2) is 21.9 Å². The van der Waals surface area contributed by atoms with Crippen LogP contribution in [0.3, 0.4) is 0 Å². The van der Waals surface area contributed by atoms with Gasteiger partial charge in [0.15, 0.2) is 5.78 Å². The van der Waals surface area contributed by atoms with E-state index in [1.165, 1.54) is 0 Å². The maximum Gasteiger partial charge on any atom is 0.174 e. The first-order valence-corrected chi connectivity index (χ1v) is 5.93. The molecular weight excluding hydrogens is 228 g/mol. The number of carbonyl (C=O) groups excluding carboxylic acids is 1.